The summed E-state index contributed by atoms with van der Waals surface area (Å²) in [5, 5.41) is 10.0. The lowest BCUT2D eigenvalue weighted by Crippen LogP contribution is -3.14. The van der Waals surface area contributed by atoms with Crippen LogP contribution in [0.5, 0.6) is 17.2 Å². The second-order valence-corrected chi connectivity index (χ2v) is 6.52. The number of benzene rings is 2. The van der Waals surface area contributed by atoms with E-state index < -0.39 is 0 Å². The van der Waals surface area contributed by atoms with Crippen LogP contribution in [0.15, 0.2) is 47.5 Å². The van der Waals surface area contributed by atoms with Crippen LogP contribution in [0.3, 0.4) is 0 Å². The zero-order valence-corrected chi connectivity index (χ0v) is 15.9. The Kier molecular flexibility index (Phi) is 6.68. The fraction of sp³-hybridized carbons (Fsp3) is 0.381. The molecule has 6 heteroatoms. The number of aromatic hydroxyl groups is 1. The molecule has 6 nitrogen and oxygen atoms in total. The van der Waals surface area contributed by atoms with E-state index in [4.69, 9.17) is 14.2 Å². The summed E-state index contributed by atoms with van der Waals surface area (Å²) < 4.78 is 16.0. The summed E-state index contributed by atoms with van der Waals surface area (Å²) in [7, 11) is 3.28. The number of nitrogens with one attached hydrogen (secondary N) is 1. The van der Waals surface area contributed by atoms with Crippen molar-refractivity contribution in [1.82, 2.24) is 0 Å². The molecule has 27 heavy (non-hydrogen) atoms. The summed E-state index contributed by atoms with van der Waals surface area (Å²) in [6, 6.07) is 13.5. The quantitative estimate of drug-likeness (QED) is 0.724. The Balaban J connectivity index is 1.78. The van der Waals surface area contributed by atoms with Gasteiger partial charge in [0, 0.05) is 17.3 Å². The predicted octanol–water partition coefficient (Wildman–Crippen LogP) is 1.48. The van der Waals surface area contributed by atoms with Gasteiger partial charge >= 0.3 is 0 Å². The van der Waals surface area contributed by atoms with Gasteiger partial charge in [-0.2, -0.15) is 0 Å². The molecule has 2 N–H and O–H groups in total. The first-order chi connectivity index (χ1) is 13.2. The van der Waals surface area contributed by atoms with Crippen molar-refractivity contribution in [3.05, 3.63) is 53.6 Å². The van der Waals surface area contributed by atoms with Gasteiger partial charge in [-0.1, -0.05) is 0 Å². The number of hydrogen-bond acceptors (Lipinski definition) is 5. The largest absolute Gasteiger partial charge is 0.507 e. The second-order valence-electron chi connectivity index (χ2n) is 6.52. The zero-order valence-electron chi connectivity index (χ0n) is 15.9. The van der Waals surface area contributed by atoms with Crippen molar-refractivity contribution in [2.24, 2.45) is 4.99 Å². The first kappa shape index (κ1) is 19.2. The molecule has 1 aliphatic rings. The summed E-state index contributed by atoms with van der Waals surface area (Å²) in [5.41, 5.74) is 1.87. The van der Waals surface area contributed by atoms with E-state index >= 15 is 0 Å². The predicted molar refractivity (Wildman–Crippen MR) is 104 cm³/mol. The van der Waals surface area contributed by atoms with Crippen LogP contribution in [-0.4, -0.2) is 58.4 Å². The van der Waals surface area contributed by atoms with E-state index in [0.29, 0.717) is 17.9 Å². The highest BCUT2D eigenvalue weighted by Crippen LogP contribution is 2.21. The third-order valence-corrected chi connectivity index (χ3v) is 4.90. The van der Waals surface area contributed by atoms with Gasteiger partial charge in [0.05, 0.1) is 34.0 Å². The Morgan fingerprint density at radius 2 is 1.74 bits per heavy atom. The Bertz CT molecular complexity index is 755. The average Bonchev–Trinajstić information content (AvgIpc) is 2.73. The van der Waals surface area contributed by atoms with E-state index in [-0.39, 0.29) is 11.8 Å². The fourth-order valence-corrected chi connectivity index (χ4v) is 3.31. The molecule has 0 aliphatic carbocycles. The molecule has 0 unspecified atom stereocenters. The standard InChI is InChI=1S/C21H26N2O4/c1-25-18-5-3-16(4-6-18)20(23-9-11-27-12-10-23)15-22-14-17-13-19(26-2)7-8-21(17)24/h3-8,13-14,20,24H,9-12,15H2,1-2H3/p+1/t20-/m1/s1. The number of aliphatic imine (C=N–C) groups is 1. The molecule has 0 amide bonds. The summed E-state index contributed by atoms with van der Waals surface area (Å²) in [6.07, 6.45) is 1.72. The van der Waals surface area contributed by atoms with E-state index in [1.54, 1.807) is 38.6 Å². The van der Waals surface area contributed by atoms with E-state index in [1.165, 1.54) is 10.5 Å². The minimum absolute atomic E-state index is 0.194. The Hall–Kier alpha value is -2.57. The lowest BCUT2D eigenvalue weighted by Gasteiger charge is -2.31. The maximum atomic E-state index is 10.0. The SMILES string of the molecule is COc1ccc([C@@H](CN=Cc2cc(OC)ccc2O)[NH+]2CCOCC2)cc1. The number of methoxy groups -OCH3 is 2. The molecule has 2 aromatic carbocycles. The van der Waals surface area contributed by atoms with Crippen LogP contribution in [-0.2, 0) is 4.74 Å². The molecule has 2 aromatic rings. The molecule has 1 heterocycles. The number of morpholine rings is 1. The normalized spacial score (nSPS) is 16.4. The first-order valence-corrected chi connectivity index (χ1v) is 9.14. The summed E-state index contributed by atoms with van der Waals surface area (Å²) in [6.45, 7) is 4.07. The number of rotatable bonds is 7. The van der Waals surface area contributed by atoms with Crippen LogP contribution >= 0.6 is 0 Å². The molecule has 1 atom stereocenters. The van der Waals surface area contributed by atoms with Crippen LogP contribution in [0, 0.1) is 0 Å². The molecule has 1 fully saturated rings. The maximum Gasteiger partial charge on any atom is 0.133 e. The van der Waals surface area contributed by atoms with E-state index in [2.05, 4.69) is 17.1 Å². The van der Waals surface area contributed by atoms with Crippen molar-refractivity contribution in [3.8, 4) is 17.2 Å². The molecule has 0 bridgehead atoms. The van der Waals surface area contributed by atoms with Crippen LogP contribution in [0.1, 0.15) is 17.2 Å². The van der Waals surface area contributed by atoms with Gasteiger partial charge in [0.2, 0.25) is 0 Å². The number of hydrogen-bond donors (Lipinski definition) is 2. The fourth-order valence-electron chi connectivity index (χ4n) is 3.31. The van der Waals surface area contributed by atoms with Gasteiger partial charge in [0.15, 0.2) is 0 Å². The number of phenols is 1. The number of phenolic OH excluding ortho intramolecular Hbond substituents is 1. The third kappa shape index (κ3) is 4.99. The Morgan fingerprint density at radius 3 is 2.41 bits per heavy atom. The Morgan fingerprint density at radius 1 is 1.07 bits per heavy atom. The topological polar surface area (TPSA) is 64.7 Å². The van der Waals surface area contributed by atoms with Crippen LogP contribution in [0.4, 0.5) is 0 Å². The highest BCUT2D eigenvalue weighted by atomic mass is 16.5. The summed E-state index contributed by atoms with van der Waals surface area (Å²) >= 11 is 0. The highest BCUT2D eigenvalue weighted by Gasteiger charge is 2.26. The first-order valence-electron chi connectivity index (χ1n) is 9.14. The molecule has 0 aromatic heterocycles. The monoisotopic (exact) mass is 371 g/mol. The minimum atomic E-state index is 0.194. The van der Waals surface area contributed by atoms with Crippen LogP contribution < -0.4 is 14.4 Å². The van der Waals surface area contributed by atoms with Crippen molar-refractivity contribution in [2.45, 2.75) is 6.04 Å². The van der Waals surface area contributed by atoms with Gasteiger partial charge in [-0.15, -0.1) is 0 Å². The summed E-state index contributed by atoms with van der Waals surface area (Å²) in [4.78, 5) is 6.10. The number of nitrogens with zero attached hydrogens (tertiary/aromatic N) is 1. The molecule has 144 valence electrons. The molecule has 1 aliphatic heterocycles. The van der Waals surface area contributed by atoms with E-state index in [0.717, 1.165) is 32.1 Å². The lowest BCUT2D eigenvalue weighted by atomic mass is 10.0. The van der Waals surface area contributed by atoms with Gasteiger partial charge in [0.25, 0.3) is 0 Å². The molecule has 3 rings (SSSR count). The minimum Gasteiger partial charge on any atom is -0.507 e. The number of quaternary nitrogens is 1. The van der Waals surface area contributed by atoms with Crippen molar-refractivity contribution in [1.29, 1.82) is 0 Å². The van der Waals surface area contributed by atoms with Crippen LogP contribution in [0.25, 0.3) is 0 Å². The Labute approximate surface area is 160 Å². The molecule has 0 radical (unpaired) electrons. The van der Waals surface area contributed by atoms with Gasteiger partial charge in [0.1, 0.15) is 36.4 Å². The van der Waals surface area contributed by atoms with Gasteiger partial charge in [-0.3, -0.25) is 4.99 Å². The van der Waals surface area contributed by atoms with Gasteiger partial charge in [-0.25, -0.2) is 0 Å². The average molecular weight is 371 g/mol. The number of ether oxygens (including phenoxy) is 3. The molecular weight excluding hydrogens is 344 g/mol. The summed E-state index contributed by atoms with van der Waals surface area (Å²) in [5.74, 6) is 1.73. The smallest absolute Gasteiger partial charge is 0.133 e. The van der Waals surface area contributed by atoms with Gasteiger partial charge in [-0.05, 0) is 42.5 Å². The zero-order chi connectivity index (χ0) is 19.1. The van der Waals surface area contributed by atoms with Crippen LogP contribution in [0.2, 0.25) is 0 Å². The highest BCUT2D eigenvalue weighted by molar-refractivity contribution is 5.84. The van der Waals surface area contributed by atoms with Gasteiger partial charge < -0.3 is 24.2 Å². The van der Waals surface area contributed by atoms with E-state index in [1.807, 2.05) is 12.1 Å². The van der Waals surface area contributed by atoms with E-state index in [9.17, 15) is 5.11 Å². The van der Waals surface area contributed by atoms with Crippen molar-refractivity contribution in [2.75, 3.05) is 47.1 Å². The maximum absolute atomic E-state index is 10.0. The molecular formula is C21H27N2O4+. The van der Waals surface area contributed by atoms with Crippen molar-refractivity contribution in [3.63, 3.8) is 0 Å². The lowest BCUT2D eigenvalue weighted by molar-refractivity contribution is -0.937. The third-order valence-electron chi connectivity index (χ3n) is 4.90. The van der Waals surface area contributed by atoms with Crippen molar-refractivity contribution < 1.29 is 24.2 Å². The van der Waals surface area contributed by atoms with Crippen molar-refractivity contribution >= 4 is 6.21 Å². The molecule has 0 saturated carbocycles. The molecule has 1 saturated heterocycles. The second kappa shape index (κ2) is 9.39. The molecule has 0 spiro atoms.